The molecule has 2 rings (SSSR count). The Hall–Kier alpha value is -1.91. The number of para-hydroxylation sites is 1. The number of hydrogen-bond acceptors (Lipinski definition) is 4. The van der Waals surface area contributed by atoms with Gasteiger partial charge in [-0.1, -0.05) is 35.3 Å². The van der Waals surface area contributed by atoms with E-state index >= 15 is 0 Å². The third kappa shape index (κ3) is 3.23. The van der Waals surface area contributed by atoms with E-state index in [1.165, 1.54) is 13.2 Å². The molecular weight excluding hydrogens is 311 g/mol. The number of hydrogen-bond donors (Lipinski definition) is 2. The zero-order chi connectivity index (χ0) is 15.6. The summed E-state index contributed by atoms with van der Waals surface area (Å²) >= 11 is 12.4. The molecule has 0 amide bonds. The zero-order valence-corrected chi connectivity index (χ0v) is 13.0. The number of nitrogens with one attached hydrogen (secondary N) is 1. The van der Waals surface area contributed by atoms with Crippen molar-refractivity contribution in [3.05, 3.63) is 51.5 Å². The fraction of sp³-hybridized carbons (Fsp3) is 0.133. The van der Waals surface area contributed by atoms with Gasteiger partial charge in [0.2, 0.25) is 0 Å². The number of ether oxygens (including phenoxy) is 1. The third-order valence-corrected chi connectivity index (χ3v) is 3.60. The molecule has 3 N–H and O–H groups in total. The lowest BCUT2D eigenvalue weighted by Gasteiger charge is -2.16. The van der Waals surface area contributed by atoms with Crippen molar-refractivity contribution in [2.75, 3.05) is 18.2 Å². The van der Waals surface area contributed by atoms with Crippen molar-refractivity contribution in [1.82, 2.24) is 0 Å². The highest BCUT2D eigenvalue weighted by atomic mass is 35.5. The van der Waals surface area contributed by atoms with Gasteiger partial charge in [-0.15, -0.1) is 0 Å². The van der Waals surface area contributed by atoms with Gasteiger partial charge in [-0.3, -0.25) is 0 Å². The van der Waals surface area contributed by atoms with Crippen LogP contribution in [0.3, 0.4) is 0 Å². The van der Waals surface area contributed by atoms with E-state index in [4.69, 9.17) is 33.7 Å². The minimum absolute atomic E-state index is 0.252. The second kappa shape index (κ2) is 6.24. The van der Waals surface area contributed by atoms with Crippen molar-refractivity contribution in [2.24, 2.45) is 0 Å². The number of methoxy groups -OCH3 is 1. The normalized spacial score (nSPS) is 10.3. The van der Waals surface area contributed by atoms with E-state index < -0.39 is 5.97 Å². The largest absolute Gasteiger partial charge is 0.465 e. The molecule has 6 heteroatoms. The molecule has 0 unspecified atom stereocenters. The summed E-state index contributed by atoms with van der Waals surface area (Å²) in [5, 5.41) is 3.94. The molecule has 0 heterocycles. The molecule has 0 saturated heterocycles. The van der Waals surface area contributed by atoms with Crippen LogP contribution in [0.25, 0.3) is 0 Å². The second-order valence-electron chi connectivity index (χ2n) is 4.47. The molecule has 110 valence electrons. The Morgan fingerprint density at radius 1 is 1.19 bits per heavy atom. The molecule has 0 saturated carbocycles. The van der Waals surface area contributed by atoms with Crippen molar-refractivity contribution in [2.45, 2.75) is 6.92 Å². The van der Waals surface area contributed by atoms with Gasteiger partial charge in [0.15, 0.2) is 0 Å². The summed E-state index contributed by atoms with van der Waals surface area (Å²) in [6.07, 6.45) is 0. The molecule has 0 aliphatic rings. The number of esters is 1. The van der Waals surface area contributed by atoms with Crippen LogP contribution in [-0.2, 0) is 4.74 Å². The fourth-order valence-corrected chi connectivity index (χ4v) is 2.48. The summed E-state index contributed by atoms with van der Waals surface area (Å²) in [7, 11) is 1.30. The van der Waals surface area contributed by atoms with Crippen molar-refractivity contribution < 1.29 is 9.53 Å². The molecule has 4 nitrogen and oxygen atoms in total. The number of nitrogens with two attached hydrogens (primary N) is 1. The van der Waals surface area contributed by atoms with Gasteiger partial charge in [0, 0.05) is 5.69 Å². The maximum Gasteiger partial charge on any atom is 0.340 e. The monoisotopic (exact) mass is 324 g/mol. The van der Waals surface area contributed by atoms with Crippen molar-refractivity contribution in [3.8, 4) is 0 Å². The molecule has 2 aromatic carbocycles. The van der Waals surface area contributed by atoms with Crippen molar-refractivity contribution >= 4 is 46.2 Å². The molecule has 0 aliphatic heterocycles. The van der Waals surface area contributed by atoms with Gasteiger partial charge in [-0.25, -0.2) is 4.79 Å². The van der Waals surface area contributed by atoms with E-state index in [-0.39, 0.29) is 5.56 Å². The van der Waals surface area contributed by atoms with E-state index in [0.717, 1.165) is 5.56 Å². The number of anilines is 3. The van der Waals surface area contributed by atoms with Crippen molar-refractivity contribution in [3.63, 3.8) is 0 Å². The maximum atomic E-state index is 11.9. The highest BCUT2D eigenvalue weighted by Crippen LogP contribution is 2.35. The lowest BCUT2D eigenvalue weighted by Crippen LogP contribution is -2.08. The molecule has 0 atom stereocenters. The number of rotatable bonds is 3. The van der Waals surface area contributed by atoms with Crippen molar-refractivity contribution in [1.29, 1.82) is 0 Å². The summed E-state index contributed by atoms with van der Waals surface area (Å²) < 4.78 is 4.76. The van der Waals surface area contributed by atoms with Crippen LogP contribution < -0.4 is 11.1 Å². The van der Waals surface area contributed by atoms with Crippen LogP contribution in [-0.4, -0.2) is 13.1 Å². The molecule has 0 fully saturated rings. The smallest absolute Gasteiger partial charge is 0.340 e. The lowest BCUT2D eigenvalue weighted by molar-refractivity contribution is 0.0602. The predicted octanol–water partition coefficient (Wildman–Crippen LogP) is 4.41. The standard InChI is InChI=1S/C15H14Cl2N2O2/c1-8-4-3-5-11(16)13(8)19-14-10(15(20)21-2)6-9(18)7-12(14)17/h3-7,19H,18H2,1-2H3. The van der Waals surface area contributed by atoms with Gasteiger partial charge in [-0.05, 0) is 30.7 Å². The first-order valence-corrected chi connectivity index (χ1v) is 6.89. The van der Waals surface area contributed by atoms with E-state index in [9.17, 15) is 4.79 Å². The Balaban J connectivity index is 2.56. The van der Waals surface area contributed by atoms with E-state index in [1.807, 2.05) is 19.1 Å². The predicted molar refractivity (Wildman–Crippen MR) is 86.7 cm³/mol. The van der Waals surface area contributed by atoms with Gasteiger partial charge >= 0.3 is 5.97 Å². The number of aryl methyl sites for hydroxylation is 1. The van der Waals surface area contributed by atoms with E-state index in [0.29, 0.717) is 27.1 Å². The van der Waals surface area contributed by atoms with Crippen LogP contribution >= 0.6 is 23.2 Å². The summed E-state index contributed by atoms with van der Waals surface area (Å²) in [6, 6.07) is 8.56. The summed E-state index contributed by atoms with van der Waals surface area (Å²) in [6.45, 7) is 1.90. The van der Waals surface area contributed by atoms with Crippen LogP contribution in [0.15, 0.2) is 30.3 Å². The molecule has 0 spiro atoms. The van der Waals surface area contributed by atoms with Gasteiger partial charge in [0.05, 0.1) is 34.1 Å². The van der Waals surface area contributed by atoms with Gasteiger partial charge in [-0.2, -0.15) is 0 Å². The minimum Gasteiger partial charge on any atom is -0.465 e. The Morgan fingerprint density at radius 3 is 2.52 bits per heavy atom. The molecule has 0 aromatic heterocycles. The molecule has 0 radical (unpaired) electrons. The summed E-state index contributed by atoms with van der Waals surface area (Å²) in [4.78, 5) is 11.9. The van der Waals surface area contributed by atoms with Gasteiger partial charge in [0.25, 0.3) is 0 Å². The number of halogens is 2. The zero-order valence-electron chi connectivity index (χ0n) is 11.5. The summed E-state index contributed by atoms with van der Waals surface area (Å²) in [5.41, 5.74) is 8.37. The van der Waals surface area contributed by atoms with Crippen LogP contribution in [0.5, 0.6) is 0 Å². The van der Waals surface area contributed by atoms with Gasteiger partial charge in [0.1, 0.15) is 0 Å². The number of carbonyl (C=O) groups is 1. The average molecular weight is 325 g/mol. The Bertz CT molecular complexity index is 682. The van der Waals surface area contributed by atoms with Crippen LogP contribution in [0.2, 0.25) is 10.0 Å². The molecule has 0 bridgehead atoms. The highest BCUT2D eigenvalue weighted by molar-refractivity contribution is 6.35. The van der Waals surface area contributed by atoms with E-state index in [1.54, 1.807) is 12.1 Å². The highest BCUT2D eigenvalue weighted by Gasteiger charge is 2.18. The average Bonchev–Trinajstić information content (AvgIpc) is 2.43. The van der Waals surface area contributed by atoms with Crippen LogP contribution in [0, 0.1) is 6.92 Å². The first-order chi connectivity index (χ1) is 9.93. The number of carbonyl (C=O) groups excluding carboxylic acids is 1. The first kappa shape index (κ1) is 15.5. The molecule has 0 aliphatic carbocycles. The Labute approximate surface area is 132 Å². The fourth-order valence-electron chi connectivity index (χ4n) is 1.94. The second-order valence-corrected chi connectivity index (χ2v) is 5.29. The van der Waals surface area contributed by atoms with Gasteiger partial charge < -0.3 is 15.8 Å². The topological polar surface area (TPSA) is 64.3 Å². The third-order valence-electron chi connectivity index (χ3n) is 2.99. The number of nitrogen functional groups attached to an aromatic ring is 1. The lowest BCUT2D eigenvalue weighted by atomic mass is 10.1. The minimum atomic E-state index is -0.531. The summed E-state index contributed by atoms with van der Waals surface area (Å²) in [5.74, 6) is -0.531. The SMILES string of the molecule is COC(=O)c1cc(N)cc(Cl)c1Nc1c(C)cccc1Cl. The molecule has 2 aromatic rings. The quantitative estimate of drug-likeness (QED) is 0.648. The van der Waals surface area contributed by atoms with Crippen LogP contribution in [0.1, 0.15) is 15.9 Å². The van der Waals surface area contributed by atoms with E-state index in [2.05, 4.69) is 5.32 Å². The molecule has 21 heavy (non-hydrogen) atoms. The number of benzene rings is 2. The first-order valence-electron chi connectivity index (χ1n) is 6.13. The van der Waals surface area contributed by atoms with Crippen LogP contribution in [0.4, 0.5) is 17.1 Å². The molecular formula is C15H14Cl2N2O2. The maximum absolute atomic E-state index is 11.9. The Morgan fingerprint density at radius 2 is 1.90 bits per heavy atom. The Kier molecular flexibility index (Phi) is 4.60.